The van der Waals surface area contributed by atoms with Gasteiger partial charge in [-0.15, -0.1) is 0 Å². The number of allylic oxidation sites excluding steroid dienone is 2. The Bertz CT molecular complexity index is 294. The van der Waals surface area contributed by atoms with Crippen LogP contribution in [0.3, 0.4) is 0 Å². The Labute approximate surface area is 76.2 Å². The van der Waals surface area contributed by atoms with Crippen LogP contribution in [0.1, 0.15) is 0 Å². The monoisotopic (exact) mass is 206 g/mol. The lowest BCUT2D eigenvalue weighted by Crippen LogP contribution is -2.06. The Morgan fingerprint density at radius 1 is 1.38 bits per heavy atom. The standard InChI is InChI=1S/C5H6N2O.CH4O3S/c8-7-4-2-1-3-6-5-7;1-5(2,3)4/h1-5,8H;1H3,(H,2,3,4). The molecule has 0 aromatic carbocycles. The van der Waals surface area contributed by atoms with Gasteiger partial charge in [-0.3, -0.25) is 9.76 Å². The number of hydrogen-bond donors (Lipinski definition) is 2. The molecule has 1 aliphatic heterocycles. The van der Waals surface area contributed by atoms with Gasteiger partial charge in [0.05, 0.1) is 6.26 Å². The highest BCUT2D eigenvalue weighted by molar-refractivity contribution is 7.85. The second-order valence-electron chi connectivity index (χ2n) is 2.06. The first kappa shape index (κ1) is 11.8. The minimum atomic E-state index is -3.67. The summed E-state index contributed by atoms with van der Waals surface area (Å²) in [7, 11) is -3.67. The fraction of sp³-hybridized carbons (Fsp3) is 0.167. The molecule has 0 aliphatic carbocycles. The smallest absolute Gasteiger partial charge is 0.261 e. The van der Waals surface area contributed by atoms with Gasteiger partial charge in [-0.05, 0) is 12.2 Å². The number of aliphatic imine (C=N–C) groups is 1. The number of nitrogens with zero attached hydrogens (tertiary/aromatic N) is 2. The lowest BCUT2D eigenvalue weighted by atomic mass is 10.6. The van der Waals surface area contributed by atoms with E-state index in [2.05, 4.69) is 4.99 Å². The summed E-state index contributed by atoms with van der Waals surface area (Å²) >= 11 is 0. The highest BCUT2D eigenvalue weighted by Crippen LogP contribution is 1.86. The first-order valence-corrected chi connectivity index (χ1v) is 5.01. The van der Waals surface area contributed by atoms with Crippen LogP contribution >= 0.6 is 0 Å². The molecule has 0 spiro atoms. The first-order chi connectivity index (χ1) is 5.89. The van der Waals surface area contributed by atoms with E-state index in [1.165, 1.54) is 12.5 Å². The van der Waals surface area contributed by atoms with Crippen molar-refractivity contribution in [2.45, 2.75) is 0 Å². The average Bonchev–Trinajstić information content (AvgIpc) is 2.12. The molecule has 0 fully saturated rings. The van der Waals surface area contributed by atoms with E-state index < -0.39 is 10.1 Å². The van der Waals surface area contributed by atoms with E-state index >= 15 is 0 Å². The molecule has 2 N–H and O–H groups in total. The summed E-state index contributed by atoms with van der Waals surface area (Å²) in [6, 6.07) is 0. The first-order valence-electron chi connectivity index (χ1n) is 3.16. The molecule has 1 aliphatic rings. The van der Waals surface area contributed by atoms with E-state index in [9.17, 15) is 8.42 Å². The molecule has 0 saturated heterocycles. The van der Waals surface area contributed by atoms with Crippen LogP contribution in [0, 0.1) is 0 Å². The maximum atomic E-state index is 9.19. The van der Waals surface area contributed by atoms with Gasteiger partial charge in [-0.2, -0.15) is 8.42 Å². The molecular weight excluding hydrogens is 196 g/mol. The zero-order chi connectivity index (χ0) is 10.3. The molecular formula is C6H10N2O4S. The van der Waals surface area contributed by atoms with Crippen LogP contribution < -0.4 is 0 Å². The number of rotatable bonds is 0. The van der Waals surface area contributed by atoms with Crippen molar-refractivity contribution in [3.05, 3.63) is 24.6 Å². The van der Waals surface area contributed by atoms with Crippen LogP contribution in [0.2, 0.25) is 0 Å². The van der Waals surface area contributed by atoms with Crippen molar-refractivity contribution in [3.63, 3.8) is 0 Å². The highest BCUT2D eigenvalue weighted by atomic mass is 32.2. The zero-order valence-electron chi connectivity index (χ0n) is 6.90. The maximum Gasteiger partial charge on any atom is 0.261 e. The van der Waals surface area contributed by atoms with Crippen molar-refractivity contribution in [3.8, 4) is 0 Å². The third-order valence-corrected chi connectivity index (χ3v) is 0.707. The molecule has 0 radical (unpaired) electrons. The van der Waals surface area contributed by atoms with E-state index in [1.807, 2.05) is 0 Å². The van der Waals surface area contributed by atoms with Crippen LogP contribution in [0.5, 0.6) is 0 Å². The average molecular weight is 206 g/mol. The van der Waals surface area contributed by atoms with Gasteiger partial charge < -0.3 is 0 Å². The fourth-order valence-electron chi connectivity index (χ4n) is 0.383. The summed E-state index contributed by atoms with van der Waals surface area (Å²) in [5, 5.41) is 9.54. The van der Waals surface area contributed by atoms with Gasteiger partial charge in [0.15, 0.2) is 0 Å². The largest absolute Gasteiger partial charge is 0.286 e. The molecule has 0 saturated carbocycles. The van der Waals surface area contributed by atoms with Gasteiger partial charge in [-0.25, -0.2) is 10.1 Å². The van der Waals surface area contributed by atoms with Gasteiger partial charge in [0.2, 0.25) is 0 Å². The van der Waals surface area contributed by atoms with Crippen LogP contribution in [-0.2, 0) is 10.1 Å². The lowest BCUT2D eigenvalue weighted by Gasteiger charge is -1.98. The predicted molar refractivity (Wildman–Crippen MR) is 47.9 cm³/mol. The van der Waals surface area contributed by atoms with Gasteiger partial charge in [0.25, 0.3) is 10.1 Å². The third kappa shape index (κ3) is 13.8. The highest BCUT2D eigenvalue weighted by Gasteiger charge is 1.83. The Kier molecular flexibility index (Phi) is 4.97. The summed E-state index contributed by atoms with van der Waals surface area (Å²) < 4.78 is 25.9. The second kappa shape index (κ2) is 5.46. The summed E-state index contributed by atoms with van der Waals surface area (Å²) in [6.07, 6.45) is 8.52. The molecule has 0 bridgehead atoms. The summed E-state index contributed by atoms with van der Waals surface area (Å²) in [6.45, 7) is 0. The number of hydroxylamine groups is 2. The van der Waals surface area contributed by atoms with E-state index in [0.29, 0.717) is 6.26 Å². The minimum Gasteiger partial charge on any atom is -0.286 e. The van der Waals surface area contributed by atoms with Crippen molar-refractivity contribution in [2.75, 3.05) is 6.26 Å². The van der Waals surface area contributed by atoms with E-state index in [4.69, 9.17) is 9.76 Å². The van der Waals surface area contributed by atoms with E-state index in [1.54, 1.807) is 18.4 Å². The van der Waals surface area contributed by atoms with Crippen LogP contribution in [0.15, 0.2) is 29.5 Å². The van der Waals surface area contributed by atoms with Crippen LogP contribution in [-0.4, -0.2) is 35.8 Å². The van der Waals surface area contributed by atoms with Crippen molar-refractivity contribution in [1.82, 2.24) is 5.06 Å². The molecule has 0 atom stereocenters. The van der Waals surface area contributed by atoms with Gasteiger partial charge in [0, 0.05) is 12.4 Å². The number of hydrogen-bond acceptors (Lipinski definition) is 5. The van der Waals surface area contributed by atoms with Gasteiger partial charge in [-0.1, -0.05) is 0 Å². The molecule has 0 unspecified atom stereocenters. The van der Waals surface area contributed by atoms with Crippen LogP contribution in [0.4, 0.5) is 0 Å². The fourth-order valence-corrected chi connectivity index (χ4v) is 0.383. The Morgan fingerprint density at radius 3 is 2.46 bits per heavy atom. The Hall–Kier alpha value is -1.18. The Balaban J connectivity index is 0.000000252. The third-order valence-electron chi connectivity index (χ3n) is 0.707. The van der Waals surface area contributed by atoms with Crippen molar-refractivity contribution >= 4 is 16.5 Å². The second-order valence-corrected chi connectivity index (χ2v) is 3.53. The molecule has 0 aromatic heterocycles. The molecule has 1 heterocycles. The van der Waals surface area contributed by atoms with Crippen LogP contribution in [0.25, 0.3) is 0 Å². The van der Waals surface area contributed by atoms with E-state index in [0.717, 1.165) is 5.06 Å². The van der Waals surface area contributed by atoms with Gasteiger partial charge in [0.1, 0.15) is 6.34 Å². The summed E-state index contributed by atoms with van der Waals surface area (Å²) in [5.41, 5.74) is 0. The molecule has 7 heteroatoms. The molecule has 0 amide bonds. The maximum absolute atomic E-state index is 9.19. The minimum absolute atomic E-state index is 0.715. The van der Waals surface area contributed by atoms with Crippen molar-refractivity contribution in [2.24, 2.45) is 4.99 Å². The van der Waals surface area contributed by atoms with E-state index in [-0.39, 0.29) is 0 Å². The molecule has 1 rings (SSSR count). The summed E-state index contributed by atoms with van der Waals surface area (Å²) in [5.74, 6) is 0. The SMILES string of the molecule is CS(=O)(=O)O.ON1C=CC=CN=C1. The predicted octanol–water partition coefficient (Wildman–Crippen LogP) is 0.251. The molecule has 13 heavy (non-hydrogen) atoms. The topological polar surface area (TPSA) is 90.2 Å². The molecule has 74 valence electrons. The molecule has 6 nitrogen and oxygen atoms in total. The normalized spacial score (nSPS) is 14.8. The molecule has 0 aromatic rings. The quantitative estimate of drug-likeness (QED) is 0.554. The Morgan fingerprint density at radius 2 is 1.92 bits per heavy atom. The van der Waals surface area contributed by atoms with Crippen molar-refractivity contribution < 1.29 is 18.2 Å². The summed E-state index contributed by atoms with van der Waals surface area (Å²) in [4.78, 5) is 3.66. The van der Waals surface area contributed by atoms with Gasteiger partial charge >= 0.3 is 0 Å². The zero-order valence-corrected chi connectivity index (χ0v) is 7.72. The lowest BCUT2D eigenvalue weighted by molar-refractivity contribution is 0.0443. The van der Waals surface area contributed by atoms with Crippen molar-refractivity contribution in [1.29, 1.82) is 0 Å².